The molecule has 0 unspecified atom stereocenters. The lowest BCUT2D eigenvalue weighted by Gasteiger charge is -2.27. The van der Waals surface area contributed by atoms with Crippen molar-refractivity contribution in [3.63, 3.8) is 0 Å². The van der Waals surface area contributed by atoms with Crippen molar-refractivity contribution in [2.45, 2.75) is 64.1 Å². The maximum Gasteiger partial charge on any atom is 0.408 e. The first-order valence-electron chi connectivity index (χ1n) is 22.0. The Kier molecular flexibility index (Phi) is 14.9. The van der Waals surface area contributed by atoms with Gasteiger partial charge in [0.2, 0.25) is 11.8 Å². The number of hydrogen-bond acceptors (Lipinski definition) is 11. The highest BCUT2D eigenvalue weighted by Crippen LogP contribution is 2.38. The van der Waals surface area contributed by atoms with Crippen LogP contribution in [-0.4, -0.2) is 84.8 Å². The molecule has 3 N–H and O–H groups in total. The molecule has 0 spiro atoms. The van der Waals surface area contributed by atoms with Crippen LogP contribution in [0.2, 0.25) is 0 Å². The minimum Gasteiger partial charge on any atom is -0.465 e. The number of ether oxygens (including phenoxy) is 3. The summed E-state index contributed by atoms with van der Waals surface area (Å²) in [5.41, 5.74) is 14.6. The predicted molar refractivity (Wildman–Crippen MR) is 256 cm³/mol. The summed E-state index contributed by atoms with van der Waals surface area (Å²) in [5, 5.41) is 2.77. The van der Waals surface area contributed by atoms with Gasteiger partial charge in [0.1, 0.15) is 11.6 Å². The molecule has 14 heteroatoms. The van der Waals surface area contributed by atoms with Gasteiger partial charge >= 0.3 is 18.0 Å². The number of fused-ring (bicyclic) bond motifs is 2. The molecule has 0 saturated carbocycles. The molecule has 67 heavy (non-hydrogen) atoms. The standard InChI is InChI=1S/C29H31N3O5.C24H23N3O3/c1-29(2,3)37-28(35)31-24(16-19-8-6-5-7-9-19)26(33)32-15-12-22-23(27(34)36-4)17-21(18-25(22)32)20-10-13-30-14-11-20;1-30-24(29)20-14-18(17-7-10-26-11-8-17)15-22-19(20)9-12-27(22)23(28)21(25)13-16-5-3-2-4-6-16/h5-11,13-14,17-18,24H,12,15-16H2,1-4H3,(H,31,35);2-8,10-11,14-15,21H,9,12-13,25H2,1H3/t24-;21-/m00/s1. The van der Waals surface area contributed by atoms with E-state index in [1.54, 1.807) is 61.4 Å². The van der Waals surface area contributed by atoms with Gasteiger partial charge in [0.25, 0.3) is 0 Å². The van der Waals surface area contributed by atoms with E-state index >= 15 is 0 Å². The van der Waals surface area contributed by atoms with Gasteiger partial charge < -0.3 is 35.1 Å². The van der Waals surface area contributed by atoms with Crippen LogP contribution in [-0.2, 0) is 49.5 Å². The predicted octanol–water partition coefficient (Wildman–Crippen LogP) is 7.55. The number of benzene rings is 4. The van der Waals surface area contributed by atoms with Crippen LogP contribution in [0.1, 0.15) is 63.7 Å². The maximum absolute atomic E-state index is 13.9. The second-order valence-corrected chi connectivity index (χ2v) is 17.2. The number of alkyl carbamates (subject to hydrolysis) is 1. The van der Waals surface area contributed by atoms with Crippen molar-refractivity contribution in [2.75, 3.05) is 37.1 Å². The molecule has 6 aromatic rings. The van der Waals surface area contributed by atoms with E-state index in [1.165, 1.54) is 14.2 Å². The Bertz CT molecular complexity index is 2730. The fourth-order valence-electron chi connectivity index (χ4n) is 8.32. The van der Waals surface area contributed by atoms with Crippen LogP contribution in [0.15, 0.2) is 134 Å². The van der Waals surface area contributed by atoms with Crippen LogP contribution in [0.4, 0.5) is 16.2 Å². The van der Waals surface area contributed by atoms with Gasteiger partial charge in [-0.25, -0.2) is 14.4 Å². The maximum atomic E-state index is 13.9. The first-order chi connectivity index (χ1) is 32.2. The number of nitrogens with two attached hydrogens (primary N) is 1. The summed E-state index contributed by atoms with van der Waals surface area (Å²) >= 11 is 0. The summed E-state index contributed by atoms with van der Waals surface area (Å²) in [7, 11) is 2.70. The van der Waals surface area contributed by atoms with E-state index < -0.39 is 35.7 Å². The number of rotatable bonds is 11. The van der Waals surface area contributed by atoms with Crippen molar-refractivity contribution in [3.05, 3.63) is 167 Å². The summed E-state index contributed by atoms with van der Waals surface area (Å²) in [6.45, 7) is 6.17. The average Bonchev–Trinajstić information content (AvgIpc) is 3.98. The van der Waals surface area contributed by atoms with E-state index in [1.807, 2.05) is 103 Å². The lowest BCUT2D eigenvalue weighted by Crippen LogP contribution is -2.50. The van der Waals surface area contributed by atoms with Gasteiger partial charge in [0.05, 0.1) is 31.4 Å². The number of nitrogens with one attached hydrogen (secondary N) is 1. The van der Waals surface area contributed by atoms with E-state index in [-0.39, 0.29) is 11.8 Å². The van der Waals surface area contributed by atoms with Crippen molar-refractivity contribution in [1.29, 1.82) is 0 Å². The van der Waals surface area contributed by atoms with E-state index in [0.29, 0.717) is 55.6 Å². The summed E-state index contributed by atoms with van der Waals surface area (Å²) in [6.07, 6.45) is 7.89. The molecule has 8 rings (SSSR count). The van der Waals surface area contributed by atoms with Gasteiger partial charge in [-0.1, -0.05) is 60.7 Å². The van der Waals surface area contributed by atoms with E-state index in [0.717, 1.165) is 50.2 Å². The summed E-state index contributed by atoms with van der Waals surface area (Å²) in [5.74, 6) is -1.31. The number of amides is 3. The van der Waals surface area contributed by atoms with Crippen LogP contribution >= 0.6 is 0 Å². The number of nitrogens with zero attached hydrogens (tertiary/aromatic N) is 4. The molecule has 4 heterocycles. The van der Waals surface area contributed by atoms with Crippen molar-refractivity contribution in [3.8, 4) is 22.3 Å². The van der Waals surface area contributed by atoms with Gasteiger partial charge in [-0.15, -0.1) is 0 Å². The highest BCUT2D eigenvalue weighted by molar-refractivity contribution is 6.05. The van der Waals surface area contributed by atoms with E-state index in [9.17, 15) is 24.0 Å². The zero-order valence-electron chi connectivity index (χ0n) is 38.2. The lowest BCUT2D eigenvalue weighted by molar-refractivity contribution is -0.121. The fourth-order valence-corrected chi connectivity index (χ4v) is 8.32. The number of esters is 2. The molecular formula is C53H54N6O8. The Labute approximate surface area is 390 Å². The second-order valence-electron chi connectivity index (χ2n) is 17.2. The number of anilines is 2. The van der Waals surface area contributed by atoms with E-state index in [2.05, 4.69) is 15.3 Å². The fraction of sp³-hybridized carbons (Fsp3) is 0.264. The van der Waals surface area contributed by atoms with E-state index in [4.69, 9.17) is 19.9 Å². The molecule has 0 saturated heterocycles. The largest absolute Gasteiger partial charge is 0.465 e. The Hall–Kier alpha value is -7.71. The van der Waals surface area contributed by atoms with Gasteiger partial charge in [0, 0.05) is 55.7 Å². The summed E-state index contributed by atoms with van der Waals surface area (Å²) < 4.78 is 15.5. The Morgan fingerprint density at radius 3 is 1.48 bits per heavy atom. The monoisotopic (exact) mass is 902 g/mol. The first-order valence-corrected chi connectivity index (χ1v) is 22.0. The SMILES string of the molecule is COC(=O)c1cc(-c2ccncc2)cc2c1CCN2C(=O)[C@@H](N)Cc1ccccc1.COC(=O)c1cc(-c2ccncc2)cc2c1CCN2C(=O)[C@H](Cc1ccccc1)NC(=O)OC(C)(C)C. The lowest BCUT2D eigenvalue weighted by atomic mass is 9.97. The number of aromatic nitrogens is 2. The van der Waals surface area contributed by atoms with Crippen molar-refractivity contribution < 1.29 is 38.2 Å². The third kappa shape index (κ3) is 11.4. The Balaban J connectivity index is 0.000000203. The smallest absolute Gasteiger partial charge is 0.408 e. The summed E-state index contributed by atoms with van der Waals surface area (Å²) in [4.78, 5) is 76.4. The minimum atomic E-state index is -0.866. The molecule has 2 aliphatic rings. The molecule has 344 valence electrons. The normalized spacial score (nSPS) is 13.5. The highest BCUT2D eigenvalue weighted by atomic mass is 16.6. The number of methoxy groups -OCH3 is 2. The average molecular weight is 903 g/mol. The number of pyridine rings is 2. The van der Waals surface area contributed by atoms with Crippen molar-refractivity contribution in [1.82, 2.24) is 15.3 Å². The highest BCUT2D eigenvalue weighted by Gasteiger charge is 2.36. The van der Waals surface area contributed by atoms with Crippen LogP contribution in [0.25, 0.3) is 22.3 Å². The summed E-state index contributed by atoms with van der Waals surface area (Å²) in [6, 6.07) is 32.5. The molecule has 0 radical (unpaired) electrons. The second kappa shape index (κ2) is 21.1. The van der Waals surface area contributed by atoms with Crippen LogP contribution in [0.5, 0.6) is 0 Å². The molecule has 2 aromatic heterocycles. The number of carbonyl (C=O) groups excluding carboxylic acids is 5. The Morgan fingerprint density at radius 1 is 0.612 bits per heavy atom. The third-order valence-corrected chi connectivity index (χ3v) is 11.5. The molecule has 0 fully saturated rings. The third-order valence-electron chi connectivity index (χ3n) is 11.5. The van der Waals surface area contributed by atoms with Gasteiger partial charge in [-0.3, -0.25) is 19.6 Å². The van der Waals surface area contributed by atoms with Crippen LogP contribution in [0.3, 0.4) is 0 Å². The Morgan fingerprint density at radius 2 is 1.04 bits per heavy atom. The van der Waals surface area contributed by atoms with Gasteiger partial charge in [-0.05, 0) is 133 Å². The van der Waals surface area contributed by atoms with Crippen molar-refractivity contribution >= 4 is 41.2 Å². The molecule has 3 amide bonds. The number of hydrogen-bond donors (Lipinski definition) is 2. The van der Waals surface area contributed by atoms with Gasteiger partial charge in [-0.2, -0.15) is 0 Å². The molecule has 4 aromatic carbocycles. The van der Waals surface area contributed by atoms with Crippen LogP contribution in [0, 0.1) is 0 Å². The molecule has 0 bridgehead atoms. The van der Waals surface area contributed by atoms with Crippen LogP contribution < -0.4 is 20.9 Å². The first kappa shape index (κ1) is 47.3. The quantitative estimate of drug-likeness (QED) is 0.0967. The molecule has 0 aliphatic carbocycles. The zero-order valence-corrected chi connectivity index (χ0v) is 38.2. The van der Waals surface area contributed by atoms with Gasteiger partial charge in [0.15, 0.2) is 0 Å². The topological polar surface area (TPSA) is 183 Å². The number of carbonyl (C=O) groups is 5. The molecule has 14 nitrogen and oxygen atoms in total. The molecule has 2 atom stereocenters. The zero-order chi connectivity index (χ0) is 47.7. The molecule has 2 aliphatic heterocycles. The molecular weight excluding hydrogens is 849 g/mol. The van der Waals surface area contributed by atoms with Crippen molar-refractivity contribution in [2.24, 2.45) is 5.73 Å². The minimum absolute atomic E-state index is 0.153.